The Morgan fingerprint density at radius 2 is 2.38 bits per heavy atom. The number of rotatable bonds is 4. The minimum absolute atomic E-state index is 0.0507. The molecule has 1 unspecified atom stereocenters. The van der Waals surface area contributed by atoms with E-state index >= 15 is 0 Å². The number of allylic oxidation sites excluding steroid dienone is 2. The van der Waals surface area contributed by atoms with Gasteiger partial charge in [-0.25, -0.2) is 0 Å². The topological polar surface area (TPSA) is 26.3 Å². The number of ether oxygens (including phenoxy) is 1. The van der Waals surface area contributed by atoms with E-state index in [2.05, 4.69) is 12.2 Å². The molecule has 0 amide bonds. The second-order valence-corrected chi connectivity index (χ2v) is 4.05. The van der Waals surface area contributed by atoms with Crippen molar-refractivity contribution in [1.29, 1.82) is 0 Å². The largest absolute Gasteiger partial charge is 0.465 e. The minimum atomic E-state index is -0.0507. The summed E-state index contributed by atoms with van der Waals surface area (Å²) >= 11 is 0. The summed E-state index contributed by atoms with van der Waals surface area (Å²) in [6.07, 6.45) is 7.04. The van der Waals surface area contributed by atoms with Gasteiger partial charge in [0, 0.05) is 0 Å². The van der Waals surface area contributed by atoms with Crippen molar-refractivity contribution in [2.24, 2.45) is 11.8 Å². The molecule has 0 bridgehead atoms. The summed E-state index contributed by atoms with van der Waals surface area (Å²) in [5, 5.41) is 0. The van der Waals surface area contributed by atoms with Crippen molar-refractivity contribution in [2.75, 3.05) is 6.61 Å². The van der Waals surface area contributed by atoms with E-state index in [0.29, 0.717) is 24.9 Å². The molecule has 0 aliphatic heterocycles. The van der Waals surface area contributed by atoms with Crippen molar-refractivity contribution in [1.82, 2.24) is 0 Å². The molecule has 1 rings (SSSR count). The van der Waals surface area contributed by atoms with Crippen molar-refractivity contribution < 1.29 is 9.53 Å². The first-order chi connectivity index (χ1) is 6.18. The van der Waals surface area contributed by atoms with Gasteiger partial charge in [-0.2, -0.15) is 0 Å². The third kappa shape index (κ3) is 4.11. The highest BCUT2D eigenvalue weighted by atomic mass is 16.5. The van der Waals surface area contributed by atoms with E-state index in [9.17, 15) is 4.79 Å². The quantitative estimate of drug-likeness (QED) is 0.493. The Morgan fingerprint density at radius 1 is 1.62 bits per heavy atom. The lowest BCUT2D eigenvalue weighted by atomic mass is 10.1. The van der Waals surface area contributed by atoms with Crippen LogP contribution in [-0.4, -0.2) is 12.6 Å². The molecule has 1 atom stereocenters. The van der Waals surface area contributed by atoms with Crippen LogP contribution in [0.1, 0.15) is 33.1 Å². The fraction of sp³-hybridized carbons (Fsp3) is 0.727. The number of carbonyl (C=O) groups is 1. The molecule has 0 saturated heterocycles. The molecule has 0 spiro atoms. The predicted octanol–water partition coefficient (Wildman–Crippen LogP) is 2.54. The lowest BCUT2D eigenvalue weighted by molar-refractivity contribution is -0.145. The summed E-state index contributed by atoms with van der Waals surface area (Å²) in [5.74, 6) is 0.813. The third-order valence-electron chi connectivity index (χ3n) is 2.12. The van der Waals surface area contributed by atoms with E-state index in [1.165, 1.54) is 0 Å². The summed E-state index contributed by atoms with van der Waals surface area (Å²) in [6.45, 7) is 4.64. The summed E-state index contributed by atoms with van der Waals surface area (Å²) in [6, 6.07) is 0. The van der Waals surface area contributed by atoms with Crippen molar-refractivity contribution in [3.8, 4) is 0 Å². The van der Waals surface area contributed by atoms with Crippen LogP contribution in [0.4, 0.5) is 0 Å². The lowest BCUT2D eigenvalue weighted by Crippen LogP contribution is -2.12. The van der Waals surface area contributed by atoms with Crippen LogP contribution in [0, 0.1) is 11.8 Å². The Morgan fingerprint density at radius 3 is 2.92 bits per heavy atom. The second-order valence-electron chi connectivity index (χ2n) is 4.05. The van der Waals surface area contributed by atoms with Crippen LogP contribution >= 0.6 is 0 Å². The molecule has 0 aromatic rings. The fourth-order valence-electron chi connectivity index (χ4n) is 1.40. The maximum Gasteiger partial charge on any atom is 0.306 e. The summed E-state index contributed by atoms with van der Waals surface area (Å²) in [4.78, 5) is 11.2. The summed E-state index contributed by atoms with van der Waals surface area (Å²) in [5.41, 5.74) is 0. The molecule has 0 radical (unpaired) electrons. The molecule has 0 fully saturated rings. The molecule has 0 heterocycles. The fourth-order valence-corrected chi connectivity index (χ4v) is 1.40. The van der Waals surface area contributed by atoms with Crippen LogP contribution in [0.25, 0.3) is 0 Å². The Kier molecular flexibility index (Phi) is 4.00. The van der Waals surface area contributed by atoms with E-state index in [4.69, 9.17) is 4.74 Å². The van der Waals surface area contributed by atoms with Gasteiger partial charge >= 0.3 is 5.97 Å². The number of carbonyl (C=O) groups excluding carboxylic acids is 1. The molecule has 0 N–H and O–H groups in total. The van der Waals surface area contributed by atoms with Crippen LogP contribution < -0.4 is 0 Å². The van der Waals surface area contributed by atoms with Crippen LogP contribution in [0.2, 0.25) is 0 Å². The van der Waals surface area contributed by atoms with Crippen LogP contribution in [0.15, 0.2) is 12.2 Å². The van der Waals surface area contributed by atoms with Gasteiger partial charge in [0.2, 0.25) is 0 Å². The van der Waals surface area contributed by atoms with E-state index in [1.54, 1.807) is 0 Å². The van der Waals surface area contributed by atoms with Gasteiger partial charge in [-0.1, -0.05) is 26.0 Å². The van der Waals surface area contributed by atoms with Crippen LogP contribution in [-0.2, 0) is 9.53 Å². The van der Waals surface area contributed by atoms with Gasteiger partial charge in [-0.3, -0.25) is 4.79 Å². The Hall–Kier alpha value is -0.790. The summed E-state index contributed by atoms with van der Waals surface area (Å²) in [7, 11) is 0. The van der Waals surface area contributed by atoms with E-state index in [1.807, 2.05) is 13.8 Å². The zero-order valence-corrected chi connectivity index (χ0v) is 8.45. The van der Waals surface area contributed by atoms with Crippen molar-refractivity contribution >= 4 is 5.97 Å². The Bertz CT molecular complexity index is 194. The molecule has 74 valence electrons. The van der Waals surface area contributed by atoms with Gasteiger partial charge in [-0.05, 0) is 24.7 Å². The molecule has 2 heteroatoms. The first-order valence-electron chi connectivity index (χ1n) is 5.00. The van der Waals surface area contributed by atoms with E-state index in [-0.39, 0.29) is 5.97 Å². The first kappa shape index (κ1) is 10.3. The highest BCUT2D eigenvalue weighted by Gasteiger charge is 2.14. The van der Waals surface area contributed by atoms with Gasteiger partial charge in [-0.15, -0.1) is 0 Å². The van der Waals surface area contributed by atoms with Crippen molar-refractivity contribution in [3.63, 3.8) is 0 Å². The lowest BCUT2D eigenvalue weighted by Gasteiger charge is -2.09. The molecule has 0 aromatic heterocycles. The predicted molar refractivity (Wildman–Crippen MR) is 52.3 cm³/mol. The van der Waals surface area contributed by atoms with Crippen molar-refractivity contribution in [2.45, 2.75) is 33.1 Å². The molecular weight excluding hydrogens is 164 g/mol. The highest BCUT2D eigenvalue weighted by molar-refractivity contribution is 5.70. The van der Waals surface area contributed by atoms with Crippen molar-refractivity contribution in [3.05, 3.63) is 12.2 Å². The number of hydrogen-bond acceptors (Lipinski definition) is 2. The minimum Gasteiger partial charge on any atom is -0.465 e. The monoisotopic (exact) mass is 182 g/mol. The molecule has 0 saturated carbocycles. The molecule has 1 aliphatic carbocycles. The average molecular weight is 182 g/mol. The van der Waals surface area contributed by atoms with Gasteiger partial charge in [0.15, 0.2) is 0 Å². The van der Waals surface area contributed by atoms with Gasteiger partial charge in [0.1, 0.15) is 0 Å². The zero-order valence-electron chi connectivity index (χ0n) is 8.45. The maximum absolute atomic E-state index is 11.2. The SMILES string of the molecule is CC(C)COC(=O)CC1C=CCC1. The van der Waals surface area contributed by atoms with E-state index < -0.39 is 0 Å². The highest BCUT2D eigenvalue weighted by Crippen LogP contribution is 2.20. The van der Waals surface area contributed by atoms with Crippen LogP contribution in [0.5, 0.6) is 0 Å². The maximum atomic E-state index is 11.2. The second kappa shape index (κ2) is 5.05. The molecule has 13 heavy (non-hydrogen) atoms. The smallest absolute Gasteiger partial charge is 0.306 e. The van der Waals surface area contributed by atoms with Crippen LogP contribution in [0.3, 0.4) is 0 Å². The van der Waals surface area contributed by atoms with Gasteiger partial charge in [0.05, 0.1) is 13.0 Å². The number of esters is 1. The van der Waals surface area contributed by atoms with E-state index in [0.717, 1.165) is 12.8 Å². The Balaban J connectivity index is 2.13. The first-order valence-corrected chi connectivity index (χ1v) is 5.00. The van der Waals surface area contributed by atoms with Gasteiger partial charge in [0.25, 0.3) is 0 Å². The van der Waals surface area contributed by atoms with Gasteiger partial charge < -0.3 is 4.74 Å². The molecular formula is C11H18O2. The molecule has 1 aliphatic rings. The number of hydrogen-bond donors (Lipinski definition) is 0. The normalized spacial score (nSPS) is 21.0. The molecule has 0 aromatic carbocycles. The summed E-state index contributed by atoms with van der Waals surface area (Å²) < 4.78 is 5.09. The average Bonchev–Trinajstić information content (AvgIpc) is 2.53. The molecule has 2 nitrogen and oxygen atoms in total. The zero-order chi connectivity index (χ0) is 9.68. The third-order valence-corrected chi connectivity index (χ3v) is 2.12. The Labute approximate surface area is 80.0 Å². The standard InChI is InChI=1S/C11H18O2/c1-9(2)8-13-11(12)7-10-5-3-4-6-10/h3,5,9-10H,4,6-8H2,1-2H3.